The van der Waals surface area contributed by atoms with Crippen molar-refractivity contribution in [1.82, 2.24) is 25.5 Å². The Kier molecular flexibility index (Phi) is 5.76. The Morgan fingerprint density at radius 2 is 2.48 bits per heavy atom. The molecular formula is C12H17N5O3S. The van der Waals surface area contributed by atoms with Crippen LogP contribution in [0.15, 0.2) is 28.0 Å². The molecule has 0 bridgehead atoms. The number of hydrogen-bond acceptors (Lipinski definition) is 7. The van der Waals surface area contributed by atoms with Gasteiger partial charge in [-0.05, 0) is 29.5 Å². The van der Waals surface area contributed by atoms with Crippen LogP contribution in [0.5, 0.6) is 0 Å². The number of amides is 1. The van der Waals surface area contributed by atoms with Gasteiger partial charge in [0.2, 0.25) is 11.1 Å². The smallest absolute Gasteiger partial charge is 0.230 e. The molecule has 9 heteroatoms. The van der Waals surface area contributed by atoms with Gasteiger partial charge in [-0.25, -0.2) is 4.68 Å². The lowest BCUT2D eigenvalue weighted by Crippen LogP contribution is -2.36. The second-order valence-electron chi connectivity index (χ2n) is 4.41. The molecule has 8 nitrogen and oxygen atoms in total. The van der Waals surface area contributed by atoms with E-state index in [4.69, 9.17) is 9.15 Å². The summed E-state index contributed by atoms with van der Waals surface area (Å²) < 4.78 is 11.8. The summed E-state index contributed by atoms with van der Waals surface area (Å²) in [6.07, 6.45) is 1.59. The van der Waals surface area contributed by atoms with E-state index in [-0.39, 0.29) is 17.7 Å². The summed E-state index contributed by atoms with van der Waals surface area (Å²) in [5.74, 6) is 0.909. The van der Waals surface area contributed by atoms with Gasteiger partial charge < -0.3 is 14.5 Å². The van der Waals surface area contributed by atoms with Gasteiger partial charge in [0.25, 0.3) is 0 Å². The quantitative estimate of drug-likeness (QED) is 0.712. The summed E-state index contributed by atoms with van der Waals surface area (Å²) in [5.41, 5.74) is 0. The summed E-state index contributed by atoms with van der Waals surface area (Å²) in [6, 6.07) is 3.62. The third-order valence-electron chi connectivity index (χ3n) is 2.54. The minimum absolute atomic E-state index is 0.0257. The van der Waals surface area contributed by atoms with Crippen LogP contribution in [0.4, 0.5) is 0 Å². The van der Waals surface area contributed by atoms with E-state index in [0.717, 1.165) is 5.76 Å². The number of carbonyl (C=O) groups is 1. The monoisotopic (exact) mass is 311 g/mol. The molecule has 2 aromatic rings. The molecule has 0 spiro atoms. The fourth-order valence-electron chi connectivity index (χ4n) is 1.69. The maximum Gasteiger partial charge on any atom is 0.230 e. The lowest BCUT2D eigenvalue weighted by atomic mass is 10.3. The van der Waals surface area contributed by atoms with Gasteiger partial charge in [-0.15, -0.1) is 5.10 Å². The fraction of sp³-hybridized carbons (Fsp3) is 0.500. The third kappa shape index (κ3) is 4.87. The summed E-state index contributed by atoms with van der Waals surface area (Å²) in [4.78, 5) is 11.8. The average molecular weight is 311 g/mol. The molecule has 0 saturated heterocycles. The van der Waals surface area contributed by atoms with Gasteiger partial charge in [0.15, 0.2) is 0 Å². The standard InChI is InChI=1S/C12H17N5O3S/c1-9(7-19-2)13-11(18)8-21-12-14-15-16-17(12)6-10-4-3-5-20-10/h3-5,9H,6-8H2,1-2H3,(H,13,18). The highest BCUT2D eigenvalue weighted by Gasteiger charge is 2.12. The van der Waals surface area contributed by atoms with Gasteiger partial charge in [0.05, 0.1) is 18.6 Å². The number of thioether (sulfide) groups is 1. The number of nitrogens with one attached hydrogen (secondary N) is 1. The van der Waals surface area contributed by atoms with E-state index in [9.17, 15) is 4.79 Å². The summed E-state index contributed by atoms with van der Waals surface area (Å²) in [6.45, 7) is 2.80. The first-order chi connectivity index (χ1) is 10.2. The maximum absolute atomic E-state index is 11.8. The van der Waals surface area contributed by atoms with Gasteiger partial charge in [-0.2, -0.15) is 0 Å². The Morgan fingerprint density at radius 1 is 1.62 bits per heavy atom. The largest absolute Gasteiger partial charge is 0.467 e. The van der Waals surface area contributed by atoms with Gasteiger partial charge in [0, 0.05) is 13.2 Å². The zero-order valence-electron chi connectivity index (χ0n) is 11.9. The van der Waals surface area contributed by atoms with E-state index < -0.39 is 0 Å². The van der Waals surface area contributed by atoms with Gasteiger partial charge >= 0.3 is 0 Å². The number of nitrogens with zero attached hydrogens (tertiary/aromatic N) is 4. The number of methoxy groups -OCH3 is 1. The van der Waals surface area contributed by atoms with E-state index >= 15 is 0 Å². The van der Waals surface area contributed by atoms with Crippen molar-refractivity contribution in [3.8, 4) is 0 Å². The van der Waals surface area contributed by atoms with Crippen molar-refractivity contribution in [2.45, 2.75) is 24.7 Å². The lowest BCUT2D eigenvalue weighted by Gasteiger charge is -2.12. The Hall–Kier alpha value is -1.87. The molecule has 0 aromatic carbocycles. The van der Waals surface area contributed by atoms with Crippen LogP contribution in [0, 0.1) is 0 Å². The van der Waals surface area contributed by atoms with Crippen molar-refractivity contribution in [2.24, 2.45) is 0 Å². The third-order valence-corrected chi connectivity index (χ3v) is 3.50. The fourth-order valence-corrected chi connectivity index (χ4v) is 2.38. The average Bonchev–Trinajstić information content (AvgIpc) is 3.09. The minimum Gasteiger partial charge on any atom is -0.467 e. The van der Waals surface area contributed by atoms with Crippen LogP contribution in [-0.2, 0) is 16.1 Å². The van der Waals surface area contributed by atoms with Crippen molar-refractivity contribution in [3.05, 3.63) is 24.2 Å². The predicted molar refractivity (Wildman–Crippen MR) is 75.8 cm³/mol. The molecule has 2 aromatic heterocycles. The molecule has 0 radical (unpaired) electrons. The van der Waals surface area contributed by atoms with Crippen LogP contribution >= 0.6 is 11.8 Å². The van der Waals surface area contributed by atoms with E-state index in [0.29, 0.717) is 18.3 Å². The molecule has 21 heavy (non-hydrogen) atoms. The van der Waals surface area contributed by atoms with Crippen molar-refractivity contribution in [3.63, 3.8) is 0 Å². The molecule has 0 aliphatic rings. The van der Waals surface area contributed by atoms with E-state index in [1.807, 2.05) is 13.0 Å². The lowest BCUT2D eigenvalue weighted by molar-refractivity contribution is -0.119. The molecule has 0 aliphatic heterocycles. The molecule has 0 fully saturated rings. The Morgan fingerprint density at radius 3 is 3.19 bits per heavy atom. The summed E-state index contributed by atoms with van der Waals surface area (Å²) in [5, 5.41) is 14.8. The first kappa shape index (κ1) is 15.5. The first-order valence-corrected chi connectivity index (χ1v) is 7.37. The molecule has 1 unspecified atom stereocenters. The van der Waals surface area contributed by atoms with Crippen LogP contribution in [0.3, 0.4) is 0 Å². The maximum atomic E-state index is 11.8. The van der Waals surface area contributed by atoms with Crippen molar-refractivity contribution in [2.75, 3.05) is 19.5 Å². The SMILES string of the molecule is COCC(C)NC(=O)CSc1nnnn1Cc1ccco1. The van der Waals surface area contributed by atoms with E-state index in [1.165, 1.54) is 11.8 Å². The molecule has 1 atom stereocenters. The molecule has 0 aliphatic carbocycles. The highest BCUT2D eigenvalue weighted by molar-refractivity contribution is 7.99. The number of ether oxygens (including phenoxy) is 1. The van der Waals surface area contributed by atoms with Gasteiger partial charge in [-0.3, -0.25) is 4.79 Å². The predicted octanol–water partition coefficient (Wildman–Crippen LogP) is 0.558. The van der Waals surface area contributed by atoms with Crippen molar-refractivity contribution < 1.29 is 13.9 Å². The Bertz CT molecular complexity index is 557. The van der Waals surface area contributed by atoms with Crippen molar-refractivity contribution >= 4 is 17.7 Å². The highest BCUT2D eigenvalue weighted by Crippen LogP contribution is 2.14. The van der Waals surface area contributed by atoms with E-state index in [2.05, 4.69) is 20.8 Å². The number of aromatic nitrogens is 4. The molecule has 1 N–H and O–H groups in total. The molecule has 2 rings (SSSR count). The number of hydrogen-bond donors (Lipinski definition) is 1. The number of carbonyl (C=O) groups excluding carboxylic acids is 1. The topological polar surface area (TPSA) is 95.1 Å². The van der Waals surface area contributed by atoms with Crippen LogP contribution in [0.25, 0.3) is 0 Å². The summed E-state index contributed by atoms with van der Waals surface area (Å²) in [7, 11) is 1.60. The zero-order valence-corrected chi connectivity index (χ0v) is 12.7. The molecule has 2 heterocycles. The van der Waals surface area contributed by atoms with Crippen molar-refractivity contribution in [1.29, 1.82) is 0 Å². The first-order valence-electron chi connectivity index (χ1n) is 6.38. The second-order valence-corrected chi connectivity index (χ2v) is 5.35. The Labute approximate surface area is 126 Å². The molecule has 114 valence electrons. The van der Waals surface area contributed by atoms with Crippen LogP contribution in [0.2, 0.25) is 0 Å². The molecular weight excluding hydrogens is 294 g/mol. The Balaban J connectivity index is 1.83. The normalized spacial score (nSPS) is 12.3. The minimum atomic E-state index is -0.0860. The number of furan rings is 1. The van der Waals surface area contributed by atoms with Gasteiger partial charge in [-0.1, -0.05) is 11.8 Å². The van der Waals surface area contributed by atoms with Crippen LogP contribution in [0.1, 0.15) is 12.7 Å². The molecule has 0 saturated carbocycles. The van der Waals surface area contributed by atoms with Crippen LogP contribution in [-0.4, -0.2) is 51.6 Å². The van der Waals surface area contributed by atoms with Crippen LogP contribution < -0.4 is 5.32 Å². The second kappa shape index (κ2) is 7.79. The van der Waals surface area contributed by atoms with E-state index in [1.54, 1.807) is 24.1 Å². The number of tetrazole rings is 1. The highest BCUT2D eigenvalue weighted by atomic mass is 32.2. The number of rotatable bonds is 8. The molecule has 1 amide bonds. The summed E-state index contributed by atoms with van der Waals surface area (Å²) >= 11 is 1.28. The zero-order chi connectivity index (χ0) is 15.1. The van der Waals surface area contributed by atoms with Gasteiger partial charge in [0.1, 0.15) is 12.3 Å².